The fourth-order valence-corrected chi connectivity index (χ4v) is 4.25. The van der Waals surface area contributed by atoms with Gasteiger partial charge in [0.25, 0.3) is 5.56 Å². The summed E-state index contributed by atoms with van der Waals surface area (Å²) in [6.45, 7) is 3.77. The Morgan fingerprint density at radius 2 is 1.94 bits per heavy atom. The summed E-state index contributed by atoms with van der Waals surface area (Å²) < 4.78 is 36.2. The maximum atomic E-state index is 12.5. The largest absolute Gasteiger partial charge is 0.487 e. The van der Waals surface area contributed by atoms with Crippen LogP contribution in [0.25, 0.3) is 22.0 Å². The number of hydrogen-bond donors (Lipinski definition) is 2. The highest BCUT2D eigenvalue weighted by atomic mass is 32.2. The van der Waals surface area contributed by atoms with Crippen molar-refractivity contribution in [2.45, 2.75) is 20.5 Å². The van der Waals surface area contributed by atoms with E-state index in [0.717, 1.165) is 22.3 Å². The van der Waals surface area contributed by atoms with Crippen LogP contribution in [-0.4, -0.2) is 33.5 Å². The molecule has 0 aliphatic rings. The lowest BCUT2D eigenvalue weighted by molar-refractivity contribution is 0.296. The quantitative estimate of drug-likeness (QED) is 0.445. The van der Waals surface area contributed by atoms with Crippen LogP contribution < -0.4 is 15.0 Å². The van der Waals surface area contributed by atoms with E-state index >= 15 is 0 Å². The summed E-state index contributed by atoms with van der Waals surface area (Å²) in [7, 11) is 0.0752. The smallest absolute Gasteiger partial charge is 0.274 e. The van der Waals surface area contributed by atoms with Gasteiger partial charge in [-0.25, -0.2) is 8.42 Å². The lowest BCUT2D eigenvalue weighted by atomic mass is 10.0. The third-order valence-electron chi connectivity index (χ3n) is 5.29. The van der Waals surface area contributed by atoms with Gasteiger partial charge in [-0.1, -0.05) is 0 Å². The highest BCUT2D eigenvalue weighted by Gasteiger charge is 2.17. The van der Waals surface area contributed by atoms with Gasteiger partial charge in [0.2, 0.25) is 10.0 Å². The minimum Gasteiger partial charge on any atom is -0.487 e. The maximum Gasteiger partial charge on any atom is 0.274 e. The van der Waals surface area contributed by atoms with Crippen LogP contribution in [0.15, 0.2) is 47.5 Å². The Hall–Kier alpha value is -3.53. The molecule has 3 heterocycles. The summed E-state index contributed by atoms with van der Waals surface area (Å²) in [5.41, 5.74) is 3.95. The molecule has 10 heteroatoms. The highest BCUT2D eigenvalue weighted by molar-refractivity contribution is 7.92. The second-order valence-electron chi connectivity index (χ2n) is 7.63. The molecule has 2 N–H and O–H groups in total. The van der Waals surface area contributed by atoms with E-state index in [4.69, 9.17) is 4.74 Å². The van der Waals surface area contributed by atoms with Gasteiger partial charge in [-0.2, -0.15) is 5.10 Å². The number of H-pyrrole nitrogens is 1. The molecule has 1 aromatic carbocycles. The fourth-order valence-electron chi connectivity index (χ4n) is 3.62. The lowest BCUT2D eigenvalue weighted by Crippen LogP contribution is -2.17. The number of aromatic amines is 1. The van der Waals surface area contributed by atoms with Gasteiger partial charge in [0.05, 0.1) is 17.1 Å². The Balaban J connectivity index is 1.84. The van der Waals surface area contributed by atoms with E-state index in [1.807, 2.05) is 26.1 Å². The minimum atomic E-state index is -3.45. The van der Waals surface area contributed by atoms with Gasteiger partial charge >= 0.3 is 0 Å². The molecular weight excluding hydrogens is 430 g/mol. The van der Waals surface area contributed by atoms with Crippen LogP contribution in [0.5, 0.6) is 5.75 Å². The van der Waals surface area contributed by atoms with Crippen molar-refractivity contribution in [1.29, 1.82) is 0 Å². The highest BCUT2D eigenvalue weighted by Crippen LogP contribution is 2.36. The molecule has 3 aromatic heterocycles. The monoisotopic (exact) mass is 455 g/mol. The van der Waals surface area contributed by atoms with Crippen LogP contribution in [0.1, 0.15) is 18.3 Å². The summed E-state index contributed by atoms with van der Waals surface area (Å²) in [5, 5.41) is 5.07. The number of aryl methyl sites for hydroxylation is 3. The molecule has 0 saturated carbocycles. The van der Waals surface area contributed by atoms with E-state index in [1.165, 1.54) is 4.57 Å². The van der Waals surface area contributed by atoms with Gasteiger partial charge in [-0.15, -0.1) is 0 Å². The van der Waals surface area contributed by atoms with Gasteiger partial charge in [0, 0.05) is 48.7 Å². The van der Waals surface area contributed by atoms with Crippen molar-refractivity contribution < 1.29 is 13.2 Å². The molecule has 0 atom stereocenters. The summed E-state index contributed by atoms with van der Waals surface area (Å²) in [5.74, 6) is 0.520. The molecule has 0 spiro atoms. The Bertz CT molecular complexity index is 1460. The number of fused-ring (bicyclic) bond motifs is 1. The Morgan fingerprint density at radius 1 is 1.16 bits per heavy atom. The van der Waals surface area contributed by atoms with E-state index in [2.05, 4.69) is 14.8 Å². The molecule has 168 valence electrons. The first-order chi connectivity index (χ1) is 15.2. The average Bonchev–Trinajstić information content (AvgIpc) is 3.36. The van der Waals surface area contributed by atoms with Crippen LogP contribution in [0, 0.1) is 6.92 Å². The Kier molecular flexibility index (Phi) is 5.55. The van der Waals surface area contributed by atoms with E-state index in [0.29, 0.717) is 22.5 Å². The molecule has 4 aromatic rings. The zero-order valence-electron chi connectivity index (χ0n) is 18.3. The topological polar surface area (TPSA) is 111 Å². The van der Waals surface area contributed by atoms with Gasteiger partial charge in [0.1, 0.15) is 17.9 Å². The van der Waals surface area contributed by atoms with Crippen LogP contribution in [0.3, 0.4) is 0 Å². The molecule has 0 unspecified atom stereocenters. The number of benzene rings is 1. The van der Waals surface area contributed by atoms with Crippen molar-refractivity contribution in [2.24, 2.45) is 14.1 Å². The zero-order valence-corrected chi connectivity index (χ0v) is 19.2. The minimum absolute atomic E-state index is 0.0394. The van der Waals surface area contributed by atoms with Crippen molar-refractivity contribution in [2.75, 3.05) is 10.5 Å². The van der Waals surface area contributed by atoms with Crippen LogP contribution in [-0.2, 0) is 30.7 Å². The molecule has 32 heavy (non-hydrogen) atoms. The molecule has 4 rings (SSSR count). The molecular formula is C22H25N5O4S. The molecule has 0 aliphatic carbocycles. The first-order valence-electron chi connectivity index (χ1n) is 10.1. The van der Waals surface area contributed by atoms with Crippen molar-refractivity contribution in [1.82, 2.24) is 19.3 Å². The van der Waals surface area contributed by atoms with E-state index in [-0.39, 0.29) is 17.9 Å². The average molecular weight is 456 g/mol. The van der Waals surface area contributed by atoms with E-state index in [9.17, 15) is 13.2 Å². The molecule has 0 fully saturated rings. The van der Waals surface area contributed by atoms with Crippen molar-refractivity contribution in [3.8, 4) is 16.9 Å². The molecule has 0 aliphatic heterocycles. The number of pyridine rings is 1. The van der Waals surface area contributed by atoms with Gasteiger partial charge in [-0.3, -0.25) is 14.2 Å². The number of sulfonamides is 1. The second-order valence-corrected chi connectivity index (χ2v) is 9.64. The lowest BCUT2D eigenvalue weighted by Gasteiger charge is -2.16. The third-order valence-corrected chi connectivity index (χ3v) is 6.60. The number of anilines is 1. The molecule has 0 radical (unpaired) electrons. The number of aromatic nitrogens is 4. The fraction of sp³-hybridized carbons (Fsp3) is 0.273. The van der Waals surface area contributed by atoms with Gasteiger partial charge in [0.15, 0.2) is 0 Å². The second kappa shape index (κ2) is 8.19. The number of ether oxygens (including phenoxy) is 1. The third kappa shape index (κ3) is 4.13. The predicted molar refractivity (Wildman–Crippen MR) is 124 cm³/mol. The number of nitrogens with one attached hydrogen (secondary N) is 2. The molecule has 0 amide bonds. The van der Waals surface area contributed by atoms with Gasteiger partial charge < -0.3 is 14.3 Å². The number of nitrogens with zero attached hydrogens (tertiary/aromatic N) is 3. The normalized spacial score (nSPS) is 11.8. The predicted octanol–water partition coefficient (Wildman–Crippen LogP) is 2.92. The number of rotatable bonds is 7. The van der Waals surface area contributed by atoms with Crippen LogP contribution >= 0.6 is 0 Å². The van der Waals surface area contributed by atoms with E-state index < -0.39 is 10.0 Å². The molecule has 9 nitrogen and oxygen atoms in total. The Morgan fingerprint density at radius 3 is 2.62 bits per heavy atom. The number of hydrogen-bond acceptors (Lipinski definition) is 5. The van der Waals surface area contributed by atoms with E-state index in [1.54, 1.807) is 49.2 Å². The summed E-state index contributed by atoms with van der Waals surface area (Å²) in [6.07, 6.45) is 3.44. The van der Waals surface area contributed by atoms with Crippen LogP contribution in [0.4, 0.5) is 5.69 Å². The zero-order chi connectivity index (χ0) is 23.0. The summed E-state index contributed by atoms with van der Waals surface area (Å²) in [4.78, 5) is 15.5. The molecule has 0 bridgehead atoms. The first kappa shape index (κ1) is 21.7. The van der Waals surface area contributed by atoms with Crippen molar-refractivity contribution in [3.63, 3.8) is 0 Å². The molecule has 0 saturated heterocycles. The summed E-state index contributed by atoms with van der Waals surface area (Å²) >= 11 is 0. The Labute approximate surface area is 185 Å². The van der Waals surface area contributed by atoms with Crippen LogP contribution in [0.2, 0.25) is 0 Å². The maximum absolute atomic E-state index is 12.5. The summed E-state index contributed by atoms with van der Waals surface area (Å²) in [6, 6.07) is 8.89. The first-order valence-corrected chi connectivity index (χ1v) is 11.8. The van der Waals surface area contributed by atoms with Gasteiger partial charge in [-0.05, 0) is 44.2 Å². The SMILES string of the molecule is CCS(=O)(=O)Nc1ccc(OCc2cc(C)nn2C)c(-c2cn(C)c(=O)c3[nH]ccc23)c1. The standard InChI is InChI=1S/C22H25N5O4S/c1-5-32(29,30)25-15-6-7-20(31-13-16-10-14(2)24-27(16)4)18(11-15)19-12-26(3)22(28)21-17(19)8-9-23-21/h6-12,23,25H,5,13H2,1-4H3. The van der Waals surface area contributed by atoms with Crippen molar-refractivity contribution in [3.05, 3.63) is 64.5 Å². The van der Waals surface area contributed by atoms with Crippen molar-refractivity contribution >= 4 is 26.6 Å².